The molecule has 0 aliphatic rings. The minimum absolute atomic E-state index is 0.00336. The van der Waals surface area contributed by atoms with Crippen LogP contribution < -0.4 is 16.4 Å². The van der Waals surface area contributed by atoms with E-state index in [0.717, 1.165) is 11.4 Å². The van der Waals surface area contributed by atoms with E-state index in [9.17, 15) is 9.59 Å². The van der Waals surface area contributed by atoms with E-state index < -0.39 is 18.0 Å². The molecule has 0 spiro atoms. The van der Waals surface area contributed by atoms with Crippen molar-refractivity contribution in [1.29, 1.82) is 0 Å². The Bertz CT molecular complexity index is 380. The van der Waals surface area contributed by atoms with Crippen LogP contribution >= 0.6 is 11.3 Å². The molecule has 2 atom stereocenters. The van der Waals surface area contributed by atoms with Crippen molar-refractivity contribution in [3.63, 3.8) is 0 Å². The Morgan fingerprint density at radius 3 is 2.76 bits per heavy atom. The molecule has 0 saturated heterocycles. The maximum atomic E-state index is 11.5. The third-order valence-electron chi connectivity index (χ3n) is 2.25. The largest absolute Gasteiger partial charge is 0.351 e. The van der Waals surface area contributed by atoms with E-state index in [0.29, 0.717) is 0 Å². The summed E-state index contributed by atoms with van der Waals surface area (Å²) in [6.45, 7) is 3.67. The Hall–Kier alpha value is -1.47. The molecule has 1 aromatic heterocycles. The number of thiazole rings is 1. The molecule has 0 radical (unpaired) electrons. The number of aromatic nitrogens is 1. The Morgan fingerprint density at radius 1 is 1.59 bits per heavy atom. The third-order valence-corrected chi connectivity index (χ3v) is 3.14. The number of primary amides is 1. The summed E-state index contributed by atoms with van der Waals surface area (Å²) in [6.07, 6.45) is 2.53. The van der Waals surface area contributed by atoms with Gasteiger partial charge in [0.05, 0.1) is 12.1 Å². The number of amides is 3. The van der Waals surface area contributed by atoms with Gasteiger partial charge < -0.3 is 5.73 Å². The first kappa shape index (κ1) is 13.6. The van der Waals surface area contributed by atoms with Crippen molar-refractivity contribution >= 4 is 23.3 Å². The minimum Gasteiger partial charge on any atom is -0.351 e. The number of carbonyl (C=O) groups excluding carboxylic acids is 2. The molecule has 2 unspecified atom stereocenters. The lowest BCUT2D eigenvalue weighted by Crippen LogP contribution is -2.47. The molecule has 1 heterocycles. The fraction of sp³-hybridized carbons (Fsp3) is 0.500. The summed E-state index contributed by atoms with van der Waals surface area (Å²) >= 11 is 1.53. The van der Waals surface area contributed by atoms with Crippen LogP contribution in [-0.2, 0) is 4.79 Å². The van der Waals surface area contributed by atoms with Crippen molar-refractivity contribution in [3.8, 4) is 0 Å². The molecule has 1 rings (SSSR count). The Balaban J connectivity index is 2.57. The summed E-state index contributed by atoms with van der Waals surface area (Å²) in [7, 11) is 0. The predicted octanol–water partition coefficient (Wildman–Crippen LogP) is 0.767. The average Bonchev–Trinajstić information content (AvgIpc) is 2.77. The zero-order valence-corrected chi connectivity index (χ0v) is 10.6. The Labute approximate surface area is 104 Å². The monoisotopic (exact) mass is 256 g/mol. The molecule has 17 heavy (non-hydrogen) atoms. The first-order valence-corrected chi connectivity index (χ1v) is 6.18. The van der Waals surface area contributed by atoms with Gasteiger partial charge in [-0.15, -0.1) is 11.3 Å². The number of hydrogen-bond acceptors (Lipinski definition) is 5. The topological polar surface area (TPSA) is 97.1 Å². The third kappa shape index (κ3) is 4.12. The van der Waals surface area contributed by atoms with Crippen LogP contribution in [0.1, 0.15) is 31.3 Å². The van der Waals surface area contributed by atoms with E-state index in [2.05, 4.69) is 10.3 Å². The van der Waals surface area contributed by atoms with Crippen LogP contribution in [0.2, 0.25) is 0 Å². The highest BCUT2D eigenvalue weighted by molar-refractivity contribution is 7.09. The summed E-state index contributed by atoms with van der Waals surface area (Å²) in [6, 6.07) is -1.34. The maximum absolute atomic E-state index is 11.5. The number of rotatable bonds is 5. The van der Waals surface area contributed by atoms with Gasteiger partial charge in [0.2, 0.25) is 5.91 Å². The average molecular weight is 256 g/mol. The van der Waals surface area contributed by atoms with Gasteiger partial charge in [0.25, 0.3) is 0 Å². The van der Waals surface area contributed by atoms with Gasteiger partial charge in [0.1, 0.15) is 5.01 Å². The fourth-order valence-electron chi connectivity index (χ4n) is 1.38. The lowest BCUT2D eigenvalue weighted by atomic mass is 10.2. The molecular weight excluding hydrogens is 240 g/mol. The van der Waals surface area contributed by atoms with Gasteiger partial charge in [-0.1, -0.05) is 6.92 Å². The van der Waals surface area contributed by atoms with Crippen LogP contribution in [0, 0.1) is 0 Å². The second-order valence-electron chi connectivity index (χ2n) is 3.57. The second kappa shape index (κ2) is 6.31. The molecule has 1 aromatic rings. The zero-order valence-electron chi connectivity index (χ0n) is 9.77. The van der Waals surface area contributed by atoms with Crippen LogP contribution in [0.4, 0.5) is 4.79 Å². The van der Waals surface area contributed by atoms with E-state index in [1.165, 1.54) is 11.3 Å². The van der Waals surface area contributed by atoms with E-state index in [1.807, 2.05) is 17.6 Å². The molecule has 0 aliphatic heterocycles. The van der Waals surface area contributed by atoms with Gasteiger partial charge >= 0.3 is 6.03 Å². The molecule has 6 nitrogen and oxygen atoms in total. The number of nitrogens with zero attached hydrogens (tertiary/aromatic N) is 1. The molecule has 0 aromatic carbocycles. The van der Waals surface area contributed by atoms with Crippen molar-refractivity contribution in [2.45, 2.75) is 32.4 Å². The number of carbonyl (C=O) groups is 2. The summed E-state index contributed by atoms with van der Waals surface area (Å²) < 4.78 is 0. The fourth-order valence-corrected chi connectivity index (χ4v) is 2.16. The lowest BCUT2D eigenvalue weighted by molar-refractivity contribution is -0.121. The molecule has 0 bridgehead atoms. The van der Waals surface area contributed by atoms with E-state index in [-0.39, 0.29) is 6.04 Å². The Morgan fingerprint density at radius 2 is 2.29 bits per heavy atom. The number of imide groups is 1. The highest BCUT2D eigenvalue weighted by atomic mass is 32.1. The van der Waals surface area contributed by atoms with Gasteiger partial charge in [-0.2, -0.15) is 0 Å². The van der Waals surface area contributed by atoms with E-state index >= 15 is 0 Å². The smallest absolute Gasteiger partial charge is 0.318 e. The standard InChI is InChI=1S/C10H16N4O2S/c1-3-7(9-12-4-5-17-9)13-6(2)8(15)14-10(11)16/h4-7,13H,3H2,1-2H3,(H3,11,14,15,16). The first-order chi connectivity index (χ1) is 8.04. The van der Waals surface area contributed by atoms with Crippen LogP contribution in [-0.4, -0.2) is 23.0 Å². The van der Waals surface area contributed by atoms with Gasteiger partial charge in [-0.05, 0) is 13.3 Å². The molecule has 0 fully saturated rings. The van der Waals surface area contributed by atoms with Crippen LogP contribution in [0.5, 0.6) is 0 Å². The molecule has 7 heteroatoms. The van der Waals surface area contributed by atoms with Crippen molar-refractivity contribution in [1.82, 2.24) is 15.6 Å². The summed E-state index contributed by atoms with van der Waals surface area (Å²) in [4.78, 5) is 26.2. The molecular formula is C10H16N4O2S. The van der Waals surface area contributed by atoms with Gasteiger partial charge in [0.15, 0.2) is 0 Å². The maximum Gasteiger partial charge on any atom is 0.318 e. The Kier molecular flexibility index (Phi) is 5.05. The van der Waals surface area contributed by atoms with Crippen LogP contribution in [0.3, 0.4) is 0 Å². The summed E-state index contributed by atoms with van der Waals surface area (Å²) in [5, 5.41) is 7.95. The first-order valence-electron chi connectivity index (χ1n) is 5.30. The number of urea groups is 1. The number of nitrogens with two attached hydrogens (primary N) is 1. The van der Waals surface area contributed by atoms with Crippen molar-refractivity contribution in [2.75, 3.05) is 0 Å². The quantitative estimate of drug-likeness (QED) is 0.724. The van der Waals surface area contributed by atoms with E-state index in [1.54, 1.807) is 13.1 Å². The zero-order chi connectivity index (χ0) is 12.8. The molecule has 94 valence electrons. The summed E-state index contributed by atoms with van der Waals surface area (Å²) in [5.74, 6) is -0.437. The lowest BCUT2D eigenvalue weighted by Gasteiger charge is -2.19. The summed E-state index contributed by atoms with van der Waals surface area (Å²) in [5.41, 5.74) is 4.88. The van der Waals surface area contributed by atoms with Crippen LogP contribution in [0.25, 0.3) is 0 Å². The van der Waals surface area contributed by atoms with Gasteiger partial charge in [-0.3, -0.25) is 15.4 Å². The van der Waals surface area contributed by atoms with Gasteiger partial charge in [-0.25, -0.2) is 9.78 Å². The van der Waals surface area contributed by atoms with Crippen LogP contribution in [0.15, 0.2) is 11.6 Å². The highest BCUT2D eigenvalue weighted by Crippen LogP contribution is 2.19. The van der Waals surface area contributed by atoms with Gasteiger partial charge in [0, 0.05) is 11.6 Å². The van der Waals surface area contributed by atoms with Crippen molar-refractivity contribution in [3.05, 3.63) is 16.6 Å². The van der Waals surface area contributed by atoms with E-state index in [4.69, 9.17) is 5.73 Å². The van der Waals surface area contributed by atoms with Crippen molar-refractivity contribution in [2.24, 2.45) is 5.73 Å². The SMILES string of the molecule is CCC(NC(C)C(=O)NC(N)=O)c1nccs1. The predicted molar refractivity (Wildman–Crippen MR) is 65.5 cm³/mol. The number of hydrogen-bond donors (Lipinski definition) is 3. The molecule has 0 aliphatic carbocycles. The molecule has 3 amide bonds. The second-order valence-corrected chi connectivity index (χ2v) is 4.50. The molecule has 4 N–H and O–H groups in total. The highest BCUT2D eigenvalue weighted by Gasteiger charge is 2.20. The minimum atomic E-state index is -0.842. The van der Waals surface area contributed by atoms with Crippen molar-refractivity contribution < 1.29 is 9.59 Å². The normalized spacial score (nSPS) is 14.0. The molecule has 0 saturated carbocycles. The number of nitrogens with one attached hydrogen (secondary N) is 2.